The molecule has 88 valence electrons. The van der Waals surface area contributed by atoms with E-state index in [9.17, 15) is 0 Å². The largest absolute Gasteiger partial charge is 0.393 e. The first-order chi connectivity index (χ1) is 7.11. The van der Waals surface area contributed by atoms with Crippen LogP contribution in [0.4, 0.5) is 0 Å². The third-order valence-corrected chi connectivity index (χ3v) is 3.51. The van der Waals surface area contributed by atoms with Gasteiger partial charge in [-0.05, 0) is 51.1 Å². The van der Waals surface area contributed by atoms with Crippen LogP contribution in [-0.4, -0.2) is 29.0 Å². The summed E-state index contributed by atoms with van der Waals surface area (Å²) in [5.41, 5.74) is 5.48. The quantitative estimate of drug-likeness (QED) is 0.559. The van der Waals surface area contributed by atoms with Crippen molar-refractivity contribution in [3.05, 3.63) is 0 Å². The molecule has 3 heteroatoms. The minimum atomic E-state index is 0.664. The maximum absolute atomic E-state index is 5.48. The third kappa shape index (κ3) is 4.47. The Morgan fingerprint density at radius 3 is 2.80 bits per heavy atom. The van der Waals surface area contributed by atoms with Gasteiger partial charge >= 0.3 is 0 Å². The van der Waals surface area contributed by atoms with Gasteiger partial charge < -0.3 is 10.6 Å². The number of likely N-dealkylation sites (tertiary alicyclic amines) is 1. The first kappa shape index (κ1) is 12.9. The summed E-state index contributed by atoms with van der Waals surface area (Å²) < 4.78 is 0. The molecular weight excluding hydrogens is 204 g/mol. The van der Waals surface area contributed by atoms with Crippen molar-refractivity contribution in [1.29, 1.82) is 0 Å². The number of thiocarbonyl (C=S) groups is 1. The van der Waals surface area contributed by atoms with Crippen molar-refractivity contribution in [2.75, 3.05) is 13.1 Å². The number of nitrogens with two attached hydrogens (primary N) is 1. The summed E-state index contributed by atoms with van der Waals surface area (Å²) in [7, 11) is 0. The molecule has 1 unspecified atom stereocenters. The molecule has 0 amide bonds. The monoisotopic (exact) mass is 228 g/mol. The van der Waals surface area contributed by atoms with E-state index in [1.54, 1.807) is 0 Å². The average Bonchev–Trinajstić information content (AvgIpc) is 2.60. The summed E-state index contributed by atoms with van der Waals surface area (Å²) >= 11 is 4.87. The molecule has 0 aromatic heterocycles. The first-order valence-corrected chi connectivity index (χ1v) is 6.54. The first-order valence-electron chi connectivity index (χ1n) is 6.13. The van der Waals surface area contributed by atoms with Crippen LogP contribution in [0.5, 0.6) is 0 Å². The zero-order valence-corrected chi connectivity index (χ0v) is 10.9. The summed E-state index contributed by atoms with van der Waals surface area (Å²) in [6.45, 7) is 7.18. The summed E-state index contributed by atoms with van der Waals surface area (Å²) in [5.74, 6) is 0.795. The van der Waals surface area contributed by atoms with Crippen molar-refractivity contribution in [3.8, 4) is 0 Å². The minimum Gasteiger partial charge on any atom is -0.393 e. The van der Waals surface area contributed by atoms with Gasteiger partial charge in [-0.2, -0.15) is 0 Å². The van der Waals surface area contributed by atoms with Gasteiger partial charge in [-0.1, -0.05) is 26.1 Å². The highest BCUT2D eigenvalue weighted by Crippen LogP contribution is 2.23. The maximum atomic E-state index is 5.48. The molecule has 0 saturated carbocycles. The lowest BCUT2D eigenvalue weighted by Gasteiger charge is -2.27. The zero-order valence-electron chi connectivity index (χ0n) is 10.0. The summed E-state index contributed by atoms with van der Waals surface area (Å²) in [6, 6.07) is 0.815. The van der Waals surface area contributed by atoms with E-state index in [1.807, 2.05) is 0 Å². The van der Waals surface area contributed by atoms with E-state index in [2.05, 4.69) is 18.7 Å². The van der Waals surface area contributed by atoms with Gasteiger partial charge in [0.2, 0.25) is 0 Å². The van der Waals surface area contributed by atoms with Gasteiger partial charge in [-0.25, -0.2) is 0 Å². The fourth-order valence-electron chi connectivity index (χ4n) is 2.50. The highest BCUT2D eigenvalue weighted by molar-refractivity contribution is 7.80. The van der Waals surface area contributed by atoms with Gasteiger partial charge in [0.05, 0.1) is 4.99 Å². The molecule has 1 atom stereocenters. The van der Waals surface area contributed by atoms with Crippen LogP contribution in [0.2, 0.25) is 0 Å². The molecule has 2 N–H and O–H groups in total. The van der Waals surface area contributed by atoms with E-state index >= 15 is 0 Å². The highest BCUT2D eigenvalue weighted by Gasteiger charge is 2.25. The van der Waals surface area contributed by atoms with Gasteiger partial charge in [-0.3, -0.25) is 0 Å². The number of unbranched alkanes of at least 4 members (excludes halogenated alkanes) is 1. The van der Waals surface area contributed by atoms with E-state index in [-0.39, 0.29) is 0 Å². The molecule has 0 bridgehead atoms. The Hall–Kier alpha value is -0.150. The number of hydrogen-bond donors (Lipinski definition) is 1. The predicted molar refractivity (Wildman–Crippen MR) is 70.1 cm³/mol. The van der Waals surface area contributed by atoms with Crippen LogP contribution < -0.4 is 5.73 Å². The standard InChI is InChI=1S/C12H24N2S/c1-10(2)11-6-5-9-14(11)8-4-3-7-12(13)15/h10-11H,3-9H2,1-2H3,(H2,13,15). The van der Waals surface area contributed by atoms with Gasteiger partial charge in [0, 0.05) is 6.04 Å². The smallest absolute Gasteiger partial charge is 0.0727 e. The van der Waals surface area contributed by atoms with Crippen LogP contribution in [0, 0.1) is 5.92 Å². The van der Waals surface area contributed by atoms with Crippen LogP contribution in [-0.2, 0) is 0 Å². The lowest BCUT2D eigenvalue weighted by atomic mass is 10.0. The second-order valence-electron chi connectivity index (χ2n) is 4.91. The Morgan fingerprint density at radius 1 is 1.47 bits per heavy atom. The van der Waals surface area contributed by atoms with E-state index < -0.39 is 0 Å². The van der Waals surface area contributed by atoms with Gasteiger partial charge in [0.15, 0.2) is 0 Å². The Morgan fingerprint density at radius 2 is 2.20 bits per heavy atom. The SMILES string of the molecule is CC(C)C1CCCN1CCCCC(N)=S. The van der Waals surface area contributed by atoms with Crippen LogP contribution in [0.1, 0.15) is 46.0 Å². The van der Waals surface area contributed by atoms with Gasteiger partial charge in [0.25, 0.3) is 0 Å². The molecule has 1 aliphatic rings. The summed E-state index contributed by atoms with van der Waals surface area (Å²) in [6.07, 6.45) is 6.05. The van der Waals surface area contributed by atoms with Crippen molar-refractivity contribution in [2.24, 2.45) is 11.7 Å². The fraction of sp³-hybridized carbons (Fsp3) is 0.917. The molecule has 0 aliphatic carbocycles. The summed E-state index contributed by atoms with van der Waals surface area (Å²) in [5, 5.41) is 0. The Labute approximate surface area is 99.2 Å². The van der Waals surface area contributed by atoms with Crippen LogP contribution >= 0.6 is 12.2 Å². The van der Waals surface area contributed by atoms with E-state index in [1.165, 1.54) is 32.4 Å². The van der Waals surface area contributed by atoms with Crippen molar-refractivity contribution in [3.63, 3.8) is 0 Å². The summed E-state index contributed by atoms with van der Waals surface area (Å²) in [4.78, 5) is 3.31. The minimum absolute atomic E-state index is 0.664. The number of hydrogen-bond acceptors (Lipinski definition) is 2. The molecule has 0 radical (unpaired) electrons. The molecule has 1 rings (SSSR count). The normalized spacial score (nSPS) is 22.5. The molecule has 15 heavy (non-hydrogen) atoms. The van der Waals surface area contributed by atoms with Crippen LogP contribution in [0.25, 0.3) is 0 Å². The van der Waals surface area contributed by atoms with Crippen molar-refractivity contribution < 1.29 is 0 Å². The van der Waals surface area contributed by atoms with Crippen molar-refractivity contribution in [1.82, 2.24) is 4.90 Å². The average molecular weight is 228 g/mol. The molecule has 1 fully saturated rings. The Balaban J connectivity index is 2.17. The van der Waals surface area contributed by atoms with Gasteiger partial charge in [0.1, 0.15) is 0 Å². The second-order valence-corrected chi connectivity index (χ2v) is 5.44. The second kappa shape index (κ2) is 6.44. The Kier molecular flexibility index (Phi) is 5.54. The molecule has 0 spiro atoms. The van der Waals surface area contributed by atoms with E-state index in [4.69, 9.17) is 18.0 Å². The van der Waals surface area contributed by atoms with Crippen LogP contribution in [0.15, 0.2) is 0 Å². The highest BCUT2D eigenvalue weighted by atomic mass is 32.1. The van der Waals surface area contributed by atoms with Gasteiger partial charge in [-0.15, -0.1) is 0 Å². The molecule has 1 heterocycles. The third-order valence-electron chi connectivity index (χ3n) is 3.30. The lowest BCUT2D eigenvalue weighted by molar-refractivity contribution is 0.203. The molecular formula is C12H24N2S. The molecule has 0 aromatic rings. The van der Waals surface area contributed by atoms with E-state index in [0.717, 1.165) is 24.8 Å². The lowest BCUT2D eigenvalue weighted by Crippen LogP contribution is -2.34. The number of rotatable bonds is 6. The predicted octanol–water partition coefficient (Wildman–Crippen LogP) is 2.56. The van der Waals surface area contributed by atoms with Crippen molar-refractivity contribution >= 4 is 17.2 Å². The fourth-order valence-corrected chi connectivity index (χ4v) is 2.64. The van der Waals surface area contributed by atoms with E-state index in [0.29, 0.717) is 4.99 Å². The number of nitrogens with zero attached hydrogens (tertiary/aromatic N) is 1. The molecule has 1 saturated heterocycles. The van der Waals surface area contributed by atoms with Crippen LogP contribution in [0.3, 0.4) is 0 Å². The molecule has 0 aromatic carbocycles. The van der Waals surface area contributed by atoms with Crippen molar-refractivity contribution in [2.45, 2.75) is 52.0 Å². The zero-order chi connectivity index (χ0) is 11.3. The molecule has 2 nitrogen and oxygen atoms in total. The Bertz CT molecular complexity index is 204. The molecule has 1 aliphatic heterocycles. The topological polar surface area (TPSA) is 29.3 Å². The maximum Gasteiger partial charge on any atom is 0.0727 e.